The van der Waals surface area contributed by atoms with E-state index in [1.54, 1.807) is 24.3 Å². The summed E-state index contributed by atoms with van der Waals surface area (Å²) in [6, 6.07) is 6.87. The van der Waals surface area contributed by atoms with E-state index in [4.69, 9.17) is 9.57 Å². The Bertz CT molecular complexity index is 417. The number of rotatable bonds is 4. The first-order chi connectivity index (χ1) is 8.04. The minimum absolute atomic E-state index is 0.364. The lowest BCUT2D eigenvalue weighted by Gasteiger charge is -2.22. The van der Waals surface area contributed by atoms with Crippen LogP contribution in [0.1, 0.15) is 20.8 Å². The van der Waals surface area contributed by atoms with Gasteiger partial charge in [0.05, 0.1) is 6.54 Å². The Hall–Kier alpha value is -2.04. The highest BCUT2D eigenvalue weighted by Crippen LogP contribution is 2.28. The molecular weight excluding hydrogens is 222 g/mol. The molecule has 17 heavy (non-hydrogen) atoms. The summed E-state index contributed by atoms with van der Waals surface area (Å²) < 4.78 is 5.04. The van der Waals surface area contributed by atoms with Gasteiger partial charge in [-0.05, 0) is 19.1 Å². The van der Waals surface area contributed by atoms with E-state index in [0.717, 1.165) is 0 Å². The summed E-state index contributed by atoms with van der Waals surface area (Å²) >= 11 is 0. The first-order valence-electron chi connectivity index (χ1n) is 5.28. The maximum atomic E-state index is 11.0. The van der Waals surface area contributed by atoms with Gasteiger partial charge in [-0.3, -0.25) is 9.59 Å². The number of ether oxygens (including phenoxy) is 1. The number of anilines is 1. The van der Waals surface area contributed by atoms with Gasteiger partial charge in [-0.2, -0.15) is 0 Å². The van der Waals surface area contributed by atoms with Crippen LogP contribution in [-0.2, 0) is 14.4 Å². The SMILES string of the molecule is CCN(OC(C)=O)c1ccccc1OC(C)=O. The average Bonchev–Trinajstić information content (AvgIpc) is 2.26. The van der Waals surface area contributed by atoms with E-state index >= 15 is 0 Å². The highest BCUT2D eigenvalue weighted by atomic mass is 16.7. The maximum Gasteiger partial charge on any atom is 0.329 e. The molecule has 92 valence electrons. The van der Waals surface area contributed by atoms with Gasteiger partial charge in [0.15, 0.2) is 5.75 Å². The van der Waals surface area contributed by atoms with Crippen LogP contribution in [0.2, 0.25) is 0 Å². The third kappa shape index (κ3) is 3.79. The van der Waals surface area contributed by atoms with E-state index in [1.165, 1.54) is 18.9 Å². The lowest BCUT2D eigenvalue weighted by molar-refractivity contribution is -0.142. The van der Waals surface area contributed by atoms with Crippen molar-refractivity contribution in [2.75, 3.05) is 11.6 Å². The fourth-order valence-electron chi connectivity index (χ4n) is 1.34. The molecule has 0 spiro atoms. The standard InChI is InChI=1S/C12H15NO4/c1-4-13(17-10(3)15)11-7-5-6-8-12(11)16-9(2)14/h5-8H,4H2,1-3H3. The topological polar surface area (TPSA) is 55.8 Å². The molecule has 0 aromatic heterocycles. The molecule has 0 fully saturated rings. The highest BCUT2D eigenvalue weighted by molar-refractivity contribution is 5.73. The first kappa shape index (κ1) is 13.0. The van der Waals surface area contributed by atoms with E-state index in [-0.39, 0.29) is 0 Å². The number of para-hydroxylation sites is 2. The molecule has 5 heteroatoms. The highest BCUT2D eigenvalue weighted by Gasteiger charge is 2.14. The van der Waals surface area contributed by atoms with Crippen LogP contribution in [0.25, 0.3) is 0 Å². The summed E-state index contributed by atoms with van der Waals surface area (Å²) in [4.78, 5) is 26.9. The lowest BCUT2D eigenvalue weighted by atomic mass is 10.3. The molecule has 0 radical (unpaired) electrons. The molecule has 0 aliphatic rings. The summed E-state index contributed by atoms with van der Waals surface area (Å²) in [6.45, 7) is 4.92. The van der Waals surface area contributed by atoms with Gasteiger partial charge < -0.3 is 9.57 Å². The summed E-state index contributed by atoms with van der Waals surface area (Å²) in [5, 5.41) is 1.38. The van der Waals surface area contributed by atoms with Crippen molar-refractivity contribution < 1.29 is 19.2 Å². The third-order valence-corrected chi connectivity index (χ3v) is 1.91. The minimum atomic E-state index is -0.426. The van der Waals surface area contributed by atoms with E-state index in [9.17, 15) is 9.59 Å². The van der Waals surface area contributed by atoms with Gasteiger partial charge in [-0.25, -0.2) is 5.06 Å². The van der Waals surface area contributed by atoms with Gasteiger partial charge >= 0.3 is 11.9 Å². The molecule has 0 atom stereocenters. The molecule has 0 N–H and O–H groups in total. The van der Waals surface area contributed by atoms with Crippen LogP contribution >= 0.6 is 0 Å². The van der Waals surface area contributed by atoms with Crippen molar-refractivity contribution in [3.63, 3.8) is 0 Å². The molecule has 1 rings (SSSR count). The summed E-state index contributed by atoms with van der Waals surface area (Å²) in [5.41, 5.74) is 0.542. The van der Waals surface area contributed by atoms with Crippen molar-refractivity contribution in [3.05, 3.63) is 24.3 Å². The third-order valence-electron chi connectivity index (χ3n) is 1.91. The van der Waals surface area contributed by atoms with E-state index in [0.29, 0.717) is 18.0 Å². The number of hydroxylamine groups is 1. The Labute approximate surface area is 99.9 Å². The average molecular weight is 237 g/mol. The normalized spacial score (nSPS) is 9.59. The Balaban J connectivity index is 3.00. The van der Waals surface area contributed by atoms with Gasteiger partial charge in [0.1, 0.15) is 5.69 Å². The number of esters is 1. The molecule has 0 saturated carbocycles. The van der Waals surface area contributed by atoms with Crippen molar-refractivity contribution >= 4 is 17.6 Å². The number of hydrogen-bond acceptors (Lipinski definition) is 5. The number of carbonyl (C=O) groups excluding carboxylic acids is 2. The van der Waals surface area contributed by atoms with Crippen molar-refractivity contribution in [3.8, 4) is 5.75 Å². The van der Waals surface area contributed by atoms with Gasteiger partial charge in [0.2, 0.25) is 0 Å². The minimum Gasteiger partial charge on any atom is -0.424 e. The number of carbonyl (C=O) groups is 2. The predicted molar refractivity (Wildman–Crippen MR) is 62.5 cm³/mol. The van der Waals surface area contributed by atoms with Crippen LogP contribution in [0.4, 0.5) is 5.69 Å². The van der Waals surface area contributed by atoms with Crippen LogP contribution < -0.4 is 9.80 Å². The number of nitrogens with zero attached hydrogens (tertiary/aromatic N) is 1. The van der Waals surface area contributed by atoms with Gasteiger partial charge in [0.25, 0.3) is 0 Å². The Kier molecular flexibility index (Phi) is 4.51. The van der Waals surface area contributed by atoms with Crippen LogP contribution in [0.3, 0.4) is 0 Å². The zero-order valence-electron chi connectivity index (χ0n) is 10.1. The first-order valence-corrected chi connectivity index (χ1v) is 5.28. The molecule has 0 bridgehead atoms. The Morgan fingerprint density at radius 3 is 2.35 bits per heavy atom. The van der Waals surface area contributed by atoms with E-state index in [1.807, 2.05) is 6.92 Å². The number of benzene rings is 1. The Morgan fingerprint density at radius 2 is 1.82 bits per heavy atom. The van der Waals surface area contributed by atoms with Crippen molar-refractivity contribution in [1.82, 2.24) is 0 Å². The largest absolute Gasteiger partial charge is 0.424 e. The molecule has 0 amide bonds. The summed E-state index contributed by atoms with van der Waals surface area (Å²) in [5.74, 6) is -0.482. The van der Waals surface area contributed by atoms with Crippen molar-refractivity contribution in [1.29, 1.82) is 0 Å². The zero-order chi connectivity index (χ0) is 12.8. The molecule has 0 aliphatic heterocycles. The fraction of sp³-hybridized carbons (Fsp3) is 0.333. The fourth-order valence-corrected chi connectivity index (χ4v) is 1.34. The molecular formula is C12H15NO4. The van der Waals surface area contributed by atoms with Gasteiger partial charge in [0, 0.05) is 13.8 Å². The second kappa shape index (κ2) is 5.89. The predicted octanol–water partition coefficient (Wildman–Crippen LogP) is 1.92. The van der Waals surface area contributed by atoms with Crippen molar-refractivity contribution in [2.45, 2.75) is 20.8 Å². The lowest BCUT2D eigenvalue weighted by Crippen LogP contribution is -2.26. The second-order valence-corrected chi connectivity index (χ2v) is 3.34. The van der Waals surface area contributed by atoms with Crippen LogP contribution in [0.15, 0.2) is 24.3 Å². The quantitative estimate of drug-likeness (QED) is 0.455. The molecule has 1 aromatic rings. The molecule has 1 aromatic carbocycles. The van der Waals surface area contributed by atoms with Gasteiger partial charge in [-0.15, -0.1) is 0 Å². The van der Waals surface area contributed by atoms with Gasteiger partial charge in [-0.1, -0.05) is 12.1 Å². The molecule has 0 aliphatic carbocycles. The second-order valence-electron chi connectivity index (χ2n) is 3.34. The van der Waals surface area contributed by atoms with E-state index < -0.39 is 11.9 Å². The molecule has 5 nitrogen and oxygen atoms in total. The molecule has 0 heterocycles. The monoisotopic (exact) mass is 237 g/mol. The van der Waals surface area contributed by atoms with Crippen LogP contribution in [0.5, 0.6) is 5.75 Å². The zero-order valence-corrected chi connectivity index (χ0v) is 10.1. The Morgan fingerprint density at radius 1 is 1.18 bits per heavy atom. The van der Waals surface area contributed by atoms with Crippen molar-refractivity contribution in [2.24, 2.45) is 0 Å². The molecule has 0 saturated heterocycles. The summed E-state index contributed by atoms with van der Waals surface area (Å²) in [6.07, 6.45) is 0. The molecule has 0 unspecified atom stereocenters. The van der Waals surface area contributed by atoms with E-state index in [2.05, 4.69) is 0 Å². The van der Waals surface area contributed by atoms with Crippen LogP contribution in [-0.4, -0.2) is 18.5 Å². The number of hydrogen-bond donors (Lipinski definition) is 0. The summed E-state index contributed by atoms with van der Waals surface area (Å²) in [7, 11) is 0. The van der Waals surface area contributed by atoms with Crippen LogP contribution in [0, 0.1) is 0 Å². The maximum absolute atomic E-state index is 11.0. The smallest absolute Gasteiger partial charge is 0.329 e.